The van der Waals surface area contributed by atoms with E-state index in [0.717, 1.165) is 10.0 Å². The van der Waals surface area contributed by atoms with Crippen LogP contribution >= 0.6 is 27.5 Å². The van der Waals surface area contributed by atoms with Crippen LogP contribution in [0.2, 0.25) is 5.02 Å². The van der Waals surface area contributed by atoms with Crippen molar-refractivity contribution in [2.75, 3.05) is 6.61 Å². The van der Waals surface area contributed by atoms with Gasteiger partial charge in [-0.25, -0.2) is 0 Å². The highest BCUT2D eigenvalue weighted by molar-refractivity contribution is 9.10. The Kier molecular flexibility index (Phi) is 3.38. The lowest BCUT2D eigenvalue weighted by Crippen LogP contribution is -2.23. The zero-order valence-corrected chi connectivity index (χ0v) is 9.98. The lowest BCUT2D eigenvalue weighted by atomic mass is 9.86. The van der Waals surface area contributed by atoms with Gasteiger partial charge in [0.15, 0.2) is 0 Å². The van der Waals surface area contributed by atoms with Crippen LogP contribution in [0, 0.1) is 0 Å². The first-order valence-electron chi connectivity index (χ1n) is 4.04. The van der Waals surface area contributed by atoms with Crippen molar-refractivity contribution < 1.29 is 5.11 Å². The van der Waals surface area contributed by atoms with Gasteiger partial charge in [-0.2, -0.15) is 0 Å². The Morgan fingerprint density at radius 2 is 2.08 bits per heavy atom. The van der Waals surface area contributed by atoms with Gasteiger partial charge in [-0.15, -0.1) is 0 Å². The van der Waals surface area contributed by atoms with Crippen LogP contribution in [0.3, 0.4) is 0 Å². The van der Waals surface area contributed by atoms with Crippen molar-refractivity contribution in [3.8, 4) is 0 Å². The number of aliphatic hydroxyl groups is 1. The van der Waals surface area contributed by atoms with Gasteiger partial charge in [0.1, 0.15) is 0 Å². The Balaban J connectivity index is 3.28. The molecule has 0 spiro atoms. The summed E-state index contributed by atoms with van der Waals surface area (Å²) in [6, 6.07) is 5.64. The molecule has 0 aliphatic carbocycles. The van der Waals surface area contributed by atoms with E-state index < -0.39 is 0 Å². The van der Waals surface area contributed by atoms with Crippen LogP contribution < -0.4 is 0 Å². The van der Waals surface area contributed by atoms with Gasteiger partial charge in [0.05, 0.1) is 6.61 Å². The molecule has 0 saturated carbocycles. The number of hydrogen-bond donors (Lipinski definition) is 1. The summed E-state index contributed by atoms with van der Waals surface area (Å²) < 4.78 is 0.944. The maximum atomic E-state index is 9.22. The lowest BCUT2D eigenvalue weighted by Gasteiger charge is -2.24. The SMILES string of the molecule is CC(C)(CO)c1c(Cl)cccc1Br. The molecule has 0 bridgehead atoms. The van der Waals surface area contributed by atoms with Crippen molar-refractivity contribution in [2.24, 2.45) is 0 Å². The monoisotopic (exact) mass is 262 g/mol. The third kappa shape index (κ3) is 2.25. The fraction of sp³-hybridized carbons (Fsp3) is 0.400. The molecular formula is C10H12BrClO. The van der Waals surface area contributed by atoms with Gasteiger partial charge in [0.25, 0.3) is 0 Å². The van der Waals surface area contributed by atoms with E-state index in [1.54, 1.807) is 0 Å². The molecule has 72 valence electrons. The van der Waals surface area contributed by atoms with Crippen molar-refractivity contribution in [3.05, 3.63) is 33.3 Å². The van der Waals surface area contributed by atoms with E-state index in [-0.39, 0.29) is 12.0 Å². The second kappa shape index (κ2) is 3.99. The number of benzene rings is 1. The highest BCUT2D eigenvalue weighted by Gasteiger charge is 2.24. The molecule has 1 nitrogen and oxygen atoms in total. The zero-order valence-electron chi connectivity index (χ0n) is 7.64. The first-order chi connectivity index (χ1) is 5.99. The molecule has 0 amide bonds. The Hall–Kier alpha value is -0.0500. The maximum Gasteiger partial charge on any atom is 0.0523 e. The van der Waals surface area contributed by atoms with Gasteiger partial charge < -0.3 is 5.11 Å². The van der Waals surface area contributed by atoms with E-state index >= 15 is 0 Å². The van der Waals surface area contributed by atoms with Crippen LogP contribution in [0.15, 0.2) is 22.7 Å². The van der Waals surface area contributed by atoms with Gasteiger partial charge in [0, 0.05) is 14.9 Å². The molecule has 0 saturated heterocycles. The molecule has 1 aromatic carbocycles. The van der Waals surface area contributed by atoms with Crippen LogP contribution in [0.5, 0.6) is 0 Å². The van der Waals surface area contributed by atoms with Crippen LogP contribution in [0.25, 0.3) is 0 Å². The van der Waals surface area contributed by atoms with Crippen LogP contribution in [-0.2, 0) is 5.41 Å². The number of hydrogen-bond acceptors (Lipinski definition) is 1. The van der Waals surface area contributed by atoms with Crippen LogP contribution in [-0.4, -0.2) is 11.7 Å². The molecular weight excluding hydrogens is 251 g/mol. The summed E-state index contributed by atoms with van der Waals surface area (Å²) in [5.74, 6) is 0. The van der Waals surface area contributed by atoms with Gasteiger partial charge in [-0.05, 0) is 17.7 Å². The van der Waals surface area contributed by atoms with Crippen molar-refractivity contribution in [1.82, 2.24) is 0 Å². The average molecular weight is 264 g/mol. The molecule has 0 aliphatic heterocycles. The third-order valence-corrected chi connectivity index (χ3v) is 3.01. The molecule has 0 fully saturated rings. The quantitative estimate of drug-likeness (QED) is 0.867. The molecule has 1 N–H and O–H groups in total. The molecule has 13 heavy (non-hydrogen) atoms. The highest BCUT2D eigenvalue weighted by atomic mass is 79.9. The second-order valence-electron chi connectivity index (χ2n) is 3.64. The molecule has 0 radical (unpaired) electrons. The van der Waals surface area contributed by atoms with Crippen LogP contribution in [0.1, 0.15) is 19.4 Å². The van der Waals surface area contributed by atoms with Crippen molar-refractivity contribution in [2.45, 2.75) is 19.3 Å². The van der Waals surface area contributed by atoms with Crippen molar-refractivity contribution >= 4 is 27.5 Å². The van der Waals surface area contributed by atoms with Crippen molar-refractivity contribution in [3.63, 3.8) is 0 Å². The fourth-order valence-corrected chi connectivity index (χ4v) is 2.67. The summed E-state index contributed by atoms with van der Waals surface area (Å²) >= 11 is 9.48. The number of rotatable bonds is 2. The Bertz CT molecular complexity index is 290. The van der Waals surface area contributed by atoms with E-state index in [4.69, 9.17) is 11.6 Å². The first-order valence-corrected chi connectivity index (χ1v) is 5.21. The topological polar surface area (TPSA) is 20.2 Å². The maximum absolute atomic E-state index is 9.22. The lowest BCUT2D eigenvalue weighted by molar-refractivity contribution is 0.218. The van der Waals surface area contributed by atoms with E-state index in [0.29, 0.717) is 5.02 Å². The van der Waals surface area contributed by atoms with Gasteiger partial charge in [0.2, 0.25) is 0 Å². The summed E-state index contributed by atoms with van der Waals surface area (Å²) in [5, 5.41) is 9.91. The molecule has 0 aromatic heterocycles. The number of aliphatic hydroxyl groups excluding tert-OH is 1. The summed E-state index contributed by atoms with van der Waals surface area (Å²) in [6.07, 6.45) is 0. The Labute approximate surface area is 91.9 Å². The molecule has 0 unspecified atom stereocenters. The molecule has 1 aromatic rings. The van der Waals surface area contributed by atoms with Crippen LogP contribution in [0.4, 0.5) is 0 Å². The van der Waals surface area contributed by atoms with Gasteiger partial charge in [-0.1, -0.05) is 47.4 Å². The summed E-state index contributed by atoms with van der Waals surface area (Å²) in [6.45, 7) is 3.99. The van der Waals surface area contributed by atoms with Crippen molar-refractivity contribution in [1.29, 1.82) is 0 Å². The molecule has 0 aliphatic rings. The molecule has 3 heteroatoms. The zero-order chi connectivity index (χ0) is 10.1. The Morgan fingerprint density at radius 3 is 2.54 bits per heavy atom. The summed E-state index contributed by atoms with van der Waals surface area (Å²) in [7, 11) is 0. The van der Waals surface area contributed by atoms with E-state index in [1.165, 1.54) is 0 Å². The largest absolute Gasteiger partial charge is 0.395 e. The summed E-state index contributed by atoms with van der Waals surface area (Å²) in [5.41, 5.74) is 0.649. The standard InChI is InChI=1S/C10H12BrClO/c1-10(2,6-13)9-7(11)4-3-5-8(9)12/h3-5,13H,6H2,1-2H3. The predicted molar refractivity (Wildman–Crippen MR) is 59.3 cm³/mol. The van der Waals surface area contributed by atoms with E-state index in [1.807, 2.05) is 32.0 Å². The highest BCUT2D eigenvalue weighted by Crippen LogP contribution is 2.35. The average Bonchev–Trinajstić information content (AvgIpc) is 2.03. The Morgan fingerprint density at radius 1 is 1.46 bits per heavy atom. The summed E-state index contributed by atoms with van der Waals surface area (Å²) in [4.78, 5) is 0. The fourth-order valence-electron chi connectivity index (χ4n) is 1.22. The third-order valence-electron chi connectivity index (χ3n) is 2.03. The normalized spacial score (nSPS) is 11.8. The molecule has 0 heterocycles. The second-order valence-corrected chi connectivity index (χ2v) is 4.90. The molecule has 1 rings (SSSR count). The van der Waals surface area contributed by atoms with E-state index in [9.17, 15) is 5.11 Å². The smallest absolute Gasteiger partial charge is 0.0523 e. The minimum absolute atomic E-state index is 0.0787. The first kappa shape index (κ1) is 11.0. The van der Waals surface area contributed by atoms with Gasteiger partial charge >= 0.3 is 0 Å². The van der Waals surface area contributed by atoms with Gasteiger partial charge in [-0.3, -0.25) is 0 Å². The minimum Gasteiger partial charge on any atom is -0.395 e. The number of halogens is 2. The molecule has 0 atom stereocenters. The predicted octanol–water partition coefficient (Wildman–Crippen LogP) is 3.37. The van der Waals surface area contributed by atoms with E-state index in [2.05, 4.69) is 15.9 Å². The minimum atomic E-state index is -0.308.